The summed E-state index contributed by atoms with van der Waals surface area (Å²) in [6.07, 6.45) is 16.1. The molecule has 9 atom stereocenters. The Balaban J connectivity index is 1.40. The van der Waals surface area contributed by atoms with Gasteiger partial charge in [-0.05, 0) is 85.2 Å². The first kappa shape index (κ1) is 21.0. The summed E-state index contributed by atoms with van der Waals surface area (Å²) in [5.74, 6) is 4.79. The Morgan fingerprint density at radius 2 is 1.83 bits per heavy atom. The predicted octanol–water partition coefficient (Wildman–Crippen LogP) is 6.75. The predicted molar refractivity (Wildman–Crippen MR) is 122 cm³/mol. The van der Waals surface area contributed by atoms with Crippen molar-refractivity contribution in [2.45, 2.75) is 98.2 Å². The molecule has 2 saturated carbocycles. The molecule has 0 spiro atoms. The third kappa shape index (κ3) is 2.68. The first-order valence-electron chi connectivity index (χ1n) is 12.7. The van der Waals surface area contributed by atoms with Crippen molar-refractivity contribution in [2.75, 3.05) is 0 Å². The summed E-state index contributed by atoms with van der Waals surface area (Å²) in [7, 11) is 0. The highest BCUT2D eigenvalue weighted by atomic mass is 16.6. The molecule has 3 fully saturated rings. The number of ether oxygens (including phenoxy) is 1. The molecule has 0 radical (unpaired) electrons. The first-order valence-corrected chi connectivity index (χ1v) is 12.7. The second kappa shape index (κ2) is 6.80. The van der Waals surface area contributed by atoms with Crippen molar-refractivity contribution < 1.29 is 9.53 Å². The summed E-state index contributed by atoms with van der Waals surface area (Å²) in [4.78, 5) is 12.4. The van der Waals surface area contributed by atoms with Crippen molar-refractivity contribution >= 4 is 5.78 Å². The minimum atomic E-state index is -0.280. The number of allylic oxidation sites excluding steroid dienone is 2. The van der Waals surface area contributed by atoms with Crippen LogP contribution in [-0.2, 0) is 9.53 Å². The Labute approximate surface area is 183 Å². The number of hydrogen-bond donors (Lipinski definition) is 0. The van der Waals surface area contributed by atoms with E-state index in [1.165, 1.54) is 50.5 Å². The van der Waals surface area contributed by atoms with Gasteiger partial charge in [0.1, 0.15) is 5.60 Å². The average molecular weight is 411 g/mol. The smallest absolute Gasteiger partial charge is 0.187 e. The second-order valence-electron chi connectivity index (χ2n) is 12.5. The SMILES string of the molecule is CC(C)CCCC(C)C1CCC2C3C=CC4=CC(=O)C5OC5(C)C4(C)C3CCC12C. The Bertz CT molecular complexity index is 792. The maximum atomic E-state index is 12.4. The molecular weight excluding hydrogens is 368 g/mol. The molecule has 166 valence electrons. The fraction of sp³-hybridized carbons (Fsp3) is 0.821. The molecule has 0 aromatic rings. The van der Waals surface area contributed by atoms with E-state index in [0.29, 0.717) is 17.3 Å². The van der Waals surface area contributed by atoms with E-state index in [2.05, 4.69) is 53.7 Å². The number of hydrogen-bond acceptors (Lipinski definition) is 2. The van der Waals surface area contributed by atoms with Crippen LogP contribution in [-0.4, -0.2) is 17.5 Å². The lowest BCUT2D eigenvalue weighted by molar-refractivity contribution is -0.116. The summed E-state index contributed by atoms with van der Waals surface area (Å²) in [5, 5.41) is 0. The van der Waals surface area contributed by atoms with Crippen LogP contribution in [0.3, 0.4) is 0 Å². The molecule has 0 N–H and O–H groups in total. The van der Waals surface area contributed by atoms with E-state index in [1.54, 1.807) is 0 Å². The van der Waals surface area contributed by atoms with Crippen LogP contribution in [0.1, 0.15) is 86.5 Å². The minimum Gasteiger partial charge on any atom is -0.357 e. The van der Waals surface area contributed by atoms with Crippen molar-refractivity contribution in [3.63, 3.8) is 0 Å². The van der Waals surface area contributed by atoms with E-state index in [1.807, 2.05) is 6.08 Å². The van der Waals surface area contributed by atoms with Crippen molar-refractivity contribution in [2.24, 2.45) is 46.3 Å². The fourth-order valence-electron chi connectivity index (χ4n) is 8.78. The van der Waals surface area contributed by atoms with Gasteiger partial charge in [0.15, 0.2) is 11.9 Å². The summed E-state index contributed by atoms with van der Waals surface area (Å²) < 4.78 is 6.12. The first-order chi connectivity index (χ1) is 14.1. The molecule has 5 aliphatic rings. The highest BCUT2D eigenvalue weighted by molar-refractivity contribution is 5.99. The number of ketones is 1. The number of carbonyl (C=O) groups excluding carboxylic acids is 1. The third-order valence-corrected chi connectivity index (χ3v) is 10.8. The van der Waals surface area contributed by atoms with Crippen LogP contribution in [0.25, 0.3) is 0 Å². The molecule has 0 aromatic carbocycles. The van der Waals surface area contributed by atoms with E-state index < -0.39 is 0 Å². The van der Waals surface area contributed by atoms with Crippen LogP contribution in [0.4, 0.5) is 0 Å². The summed E-state index contributed by atoms with van der Waals surface area (Å²) in [6, 6.07) is 0. The van der Waals surface area contributed by atoms with Crippen molar-refractivity contribution in [3.8, 4) is 0 Å². The molecule has 9 unspecified atom stereocenters. The van der Waals surface area contributed by atoms with Gasteiger partial charge in [0.25, 0.3) is 0 Å². The van der Waals surface area contributed by atoms with Crippen molar-refractivity contribution in [3.05, 3.63) is 23.8 Å². The largest absolute Gasteiger partial charge is 0.357 e. The maximum Gasteiger partial charge on any atom is 0.187 e. The summed E-state index contributed by atoms with van der Waals surface area (Å²) in [5.41, 5.74) is 1.44. The molecule has 2 nitrogen and oxygen atoms in total. The molecule has 2 heteroatoms. The van der Waals surface area contributed by atoms with E-state index in [0.717, 1.165) is 23.7 Å². The quantitative estimate of drug-likeness (QED) is 0.469. The molecule has 5 rings (SSSR count). The van der Waals surface area contributed by atoms with Gasteiger partial charge in [0.05, 0.1) is 0 Å². The molecule has 0 amide bonds. The molecule has 1 heterocycles. The van der Waals surface area contributed by atoms with Gasteiger partial charge in [0.2, 0.25) is 0 Å². The van der Waals surface area contributed by atoms with Gasteiger partial charge in [0, 0.05) is 5.41 Å². The molecule has 1 saturated heterocycles. The summed E-state index contributed by atoms with van der Waals surface area (Å²) >= 11 is 0. The summed E-state index contributed by atoms with van der Waals surface area (Å²) in [6.45, 7) is 14.5. The highest BCUT2D eigenvalue weighted by Gasteiger charge is 2.73. The van der Waals surface area contributed by atoms with E-state index in [9.17, 15) is 4.79 Å². The van der Waals surface area contributed by atoms with Gasteiger partial charge < -0.3 is 4.74 Å². The minimum absolute atomic E-state index is 0.00666. The highest BCUT2D eigenvalue weighted by Crippen LogP contribution is 2.70. The molecular formula is C28H42O2. The fourth-order valence-corrected chi connectivity index (χ4v) is 8.78. The van der Waals surface area contributed by atoms with Crippen LogP contribution in [0.2, 0.25) is 0 Å². The van der Waals surface area contributed by atoms with Gasteiger partial charge in [-0.25, -0.2) is 0 Å². The molecule has 1 aliphatic heterocycles. The zero-order valence-corrected chi connectivity index (χ0v) is 20.0. The van der Waals surface area contributed by atoms with Crippen molar-refractivity contribution in [1.82, 2.24) is 0 Å². The van der Waals surface area contributed by atoms with Crippen LogP contribution in [0.15, 0.2) is 23.8 Å². The average Bonchev–Trinajstić information content (AvgIpc) is 3.27. The standard InChI is InChI=1S/C28H42O2/c1-17(2)8-7-9-18(3)21-12-13-22-20-11-10-19-16-24(29)25-28(6,30-25)27(19,5)23(20)14-15-26(21,22)4/h10-11,16-18,20-23,25H,7-9,12-15H2,1-6H3. The monoisotopic (exact) mass is 410 g/mol. The van der Waals surface area contributed by atoms with E-state index in [-0.39, 0.29) is 22.9 Å². The van der Waals surface area contributed by atoms with Gasteiger partial charge in [-0.2, -0.15) is 0 Å². The molecule has 4 aliphatic carbocycles. The van der Waals surface area contributed by atoms with E-state index >= 15 is 0 Å². The maximum absolute atomic E-state index is 12.4. The number of fused-ring (bicyclic) bond motifs is 7. The van der Waals surface area contributed by atoms with Gasteiger partial charge in [-0.3, -0.25) is 4.79 Å². The van der Waals surface area contributed by atoms with Crippen molar-refractivity contribution in [1.29, 1.82) is 0 Å². The van der Waals surface area contributed by atoms with Gasteiger partial charge in [-0.15, -0.1) is 0 Å². The van der Waals surface area contributed by atoms with Gasteiger partial charge in [-0.1, -0.05) is 66.0 Å². The zero-order chi connectivity index (χ0) is 21.5. The normalized spacial score (nSPS) is 49.8. The number of carbonyl (C=O) groups is 1. The topological polar surface area (TPSA) is 29.6 Å². The van der Waals surface area contributed by atoms with E-state index in [4.69, 9.17) is 4.74 Å². The number of rotatable bonds is 5. The Morgan fingerprint density at radius 3 is 2.57 bits per heavy atom. The Hall–Kier alpha value is -0.890. The zero-order valence-electron chi connectivity index (χ0n) is 20.0. The molecule has 0 aromatic heterocycles. The lowest BCUT2D eigenvalue weighted by Crippen LogP contribution is -2.55. The van der Waals surface area contributed by atoms with Crippen LogP contribution in [0, 0.1) is 46.3 Å². The Kier molecular flexibility index (Phi) is 4.76. The second-order valence-corrected chi connectivity index (χ2v) is 12.5. The molecule has 0 bridgehead atoms. The Morgan fingerprint density at radius 1 is 1.07 bits per heavy atom. The third-order valence-electron chi connectivity index (χ3n) is 10.8. The molecule has 30 heavy (non-hydrogen) atoms. The lowest BCUT2D eigenvalue weighted by atomic mass is 9.46. The van der Waals surface area contributed by atoms with Crippen LogP contribution < -0.4 is 0 Å². The lowest BCUT2D eigenvalue weighted by Gasteiger charge is -2.57. The van der Waals surface area contributed by atoms with Gasteiger partial charge >= 0.3 is 0 Å². The number of epoxide rings is 1. The van der Waals surface area contributed by atoms with Crippen LogP contribution >= 0.6 is 0 Å². The van der Waals surface area contributed by atoms with Crippen LogP contribution in [0.5, 0.6) is 0 Å².